The zero-order chi connectivity index (χ0) is 14.5. The smallest absolute Gasteiger partial charge is 0.413 e. The van der Waals surface area contributed by atoms with Crippen LogP contribution in [-0.4, -0.2) is 23.5 Å². The lowest BCUT2D eigenvalue weighted by Crippen LogP contribution is -2.12. The van der Waals surface area contributed by atoms with Crippen LogP contribution in [0.2, 0.25) is 0 Å². The Morgan fingerprint density at radius 3 is 2.65 bits per heavy atom. The Hall–Kier alpha value is -2.21. The van der Waals surface area contributed by atoms with Crippen molar-refractivity contribution >= 4 is 28.3 Å². The van der Waals surface area contributed by atoms with Crippen LogP contribution in [0.1, 0.15) is 27.9 Å². The average Bonchev–Trinajstić information content (AvgIpc) is 2.80. The second-order valence-electron chi connectivity index (χ2n) is 3.97. The number of hydrogen-bond acceptors (Lipinski definition) is 5. The zero-order valence-electron chi connectivity index (χ0n) is 11.2. The topological polar surface area (TPSA) is 68.3 Å². The molecule has 0 aliphatic carbocycles. The SMILES string of the molecule is CCOC(=O)Nc1nc(C)c(C(=O)c2ccccc2)s1. The van der Waals surface area contributed by atoms with Gasteiger partial charge in [-0.05, 0) is 13.8 Å². The molecule has 2 rings (SSSR count). The Morgan fingerprint density at radius 2 is 2.00 bits per heavy atom. The van der Waals surface area contributed by atoms with E-state index in [4.69, 9.17) is 4.74 Å². The van der Waals surface area contributed by atoms with Gasteiger partial charge in [0.2, 0.25) is 5.78 Å². The number of ketones is 1. The molecule has 104 valence electrons. The fourth-order valence-corrected chi connectivity index (χ4v) is 2.55. The van der Waals surface area contributed by atoms with E-state index >= 15 is 0 Å². The van der Waals surface area contributed by atoms with Crippen molar-refractivity contribution in [2.75, 3.05) is 11.9 Å². The van der Waals surface area contributed by atoms with E-state index in [1.54, 1.807) is 38.1 Å². The third-order valence-electron chi connectivity index (χ3n) is 2.52. The molecule has 0 radical (unpaired) electrons. The molecule has 1 N–H and O–H groups in total. The highest BCUT2D eigenvalue weighted by atomic mass is 32.1. The van der Waals surface area contributed by atoms with Gasteiger partial charge in [0.15, 0.2) is 5.13 Å². The van der Waals surface area contributed by atoms with E-state index in [0.29, 0.717) is 21.3 Å². The molecule has 0 aliphatic heterocycles. The lowest BCUT2D eigenvalue weighted by molar-refractivity contribution is 0.104. The fraction of sp³-hybridized carbons (Fsp3) is 0.214. The van der Waals surface area contributed by atoms with Crippen molar-refractivity contribution in [3.05, 3.63) is 46.5 Å². The highest BCUT2D eigenvalue weighted by Gasteiger charge is 2.18. The summed E-state index contributed by atoms with van der Waals surface area (Å²) in [7, 11) is 0. The van der Waals surface area contributed by atoms with Crippen molar-refractivity contribution in [3.8, 4) is 0 Å². The number of carbonyl (C=O) groups is 2. The number of anilines is 1. The normalized spacial score (nSPS) is 10.1. The summed E-state index contributed by atoms with van der Waals surface area (Å²) in [5.41, 5.74) is 1.19. The van der Waals surface area contributed by atoms with Crippen LogP contribution in [0.25, 0.3) is 0 Å². The number of nitrogens with one attached hydrogen (secondary N) is 1. The summed E-state index contributed by atoms with van der Waals surface area (Å²) in [6, 6.07) is 8.96. The summed E-state index contributed by atoms with van der Waals surface area (Å²) in [5.74, 6) is -0.0995. The maximum absolute atomic E-state index is 12.3. The number of thiazole rings is 1. The van der Waals surface area contributed by atoms with Gasteiger partial charge in [-0.3, -0.25) is 10.1 Å². The minimum absolute atomic E-state index is 0.0995. The van der Waals surface area contributed by atoms with Crippen LogP contribution >= 0.6 is 11.3 Å². The number of hydrogen-bond donors (Lipinski definition) is 1. The monoisotopic (exact) mass is 290 g/mol. The summed E-state index contributed by atoms with van der Waals surface area (Å²) in [6.45, 7) is 3.74. The van der Waals surface area contributed by atoms with E-state index in [1.807, 2.05) is 6.07 Å². The number of amides is 1. The maximum Gasteiger partial charge on any atom is 0.413 e. The first kappa shape index (κ1) is 14.2. The molecular weight excluding hydrogens is 276 g/mol. The molecule has 1 heterocycles. The van der Waals surface area contributed by atoms with Gasteiger partial charge in [-0.15, -0.1) is 0 Å². The van der Waals surface area contributed by atoms with Crippen molar-refractivity contribution in [1.82, 2.24) is 4.98 Å². The predicted molar refractivity (Wildman–Crippen MR) is 77.4 cm³/mol. The van der Waals surface area contributed by atoms with Gasteiger partial charge in [-0.25, -0.2) is 9.78 Å². The summed E-state index contributed by atoms with van der Waals surface area (Å²) < 4.78 is 4.77. The number of ether oxygens (including phenoxy) is 1. The second-order valence-corrected chi connectivity index (χ2v) is 4.97. The largest absolute Gasteiger partial charge is 0.450 e. The molecule has 0 unspecified atom stereocenters. The molecule has 1 amide bonds. The lowest BCUT2D eigenvalue weighted by atomic mass is 10.1. The molecule has 0 aliphatic rings. The van der Waals surface area contributed by atoms with Crippen LogP contribution in [0.15, 0.2) is 30.3 Å². The first-order valence-corrected chi connectivity index (χ1v) is 6.94. The van der Waals surface area contributed by atoms with Crippen LogP contribution in [0.4, 0.5) is 9.93 Å². The van der Waals surface area contributed by atoms with Crippen LogP contribution in [0, 0.1) is 6.92 Å². The van der Waals surface area contributed by atoms with E-state index in [9.17, 15) is 9.59 Å². The van der Waals surface area contributed by atoms with Gasteiger partial charge in [0.1, 0.15) is 0 Å². The van der Waals surface area contributed by atoms with Crippen molar-refractivity contribution in [2.24, 2.45) is 0 Å². The molecule has 1 aromatic carbocycles. The minimum atomic E-state index is -0.569. The van der Waals surface area contributed by atoms with E-state index in [0.717, 1.165) is 11.3 Å². The highest BCUT2D eigenvalue weighted by molar-refractivity contribution is 7.18. The van der Waals surface area contributed by atoms with E-state index in [2.05, 4.69) is 10.3 Å². The van der Waals surface area contributed by atoms with Crippen LogP contribution in [0.3, 0.4) is 0 Å². The number of nitrogens with zero attached hydrogens (tertiary/aromatic N) is 1. The van der Waals surface area contributed by atoms with Crippen molar-refractivity contribution in [3.63, 3.8) is 0 Å². The second kappa shape index (κ2) is 6.29. The highest BCUT2D eigenvalue weighted by Crippen LogP contribution is 2.25. The number of aromatic nitrogens is 1. The summed E-state index contributed by atoms with van der Waals surface area (Å²) in [5, 5.41) is 2.87. The van der Waals surface area contributed by atoms with E-state index in [1.165, 1.54) is 0 Å². The number of rotatable bonds is 4. The zero-order valence-corrected chi connectivity index (χ0v) is 12.0. The van der Waals surface area contributed by atoms with Gasteiger partial charge >= 0.3 is 6.09 Å². The fourth-order valence-electron chi connectivity index (χ4n) is 1.64. The molecule has 0 saturated carbocycles. The molecule has 5 nitrogen and oxygen atoms in total. The molecule has 2 aromatic rings. The molecular formula is C14H14N2O3S. The van der Waals surface area contributed by atoms with Gasteiger partial charge in [0.05, 0.1) is 17.2 Å². The van der Waals surface area contributed by atoms with Crippen LogP contribution in [0.5, 0.6) is 0 Å². The Kier molecular flexibility index (Phi) is 4.47. The molecule has 0 spiro atoms. The average molecular weight is 290 g/mol. The molecule has 0 atom stereocenters. The first-order chi connectivity index (χ1) is 9.61. The third kappa shape index (κ3) is 3.21. The van der Waals surface area contributed by atoms with E-state index < -0.39 is 6.09 Å². The van der Waals surface area contributed by atoms with E-state index in [-0.39, 0.29) is 12.4 Å². The minimum Gasteiger partial charge on any atom is -0.450 e. The molecule has 0 bridgehead atoms. The van der Waals surface area contributed by atoms with Crippen molar-refractivity contribution in [2.45, 2.75) is 13.8 Å². The van der Waals surface area contributed by atoms with Gasteiger partial charge in [-0.1, -0.05) is 41.7 Å². The van der Waals surface area contributed by atoms with Crippen molar-refractivity contribution in [1.29, 1.82) is 0 Å². The van der Waals surface area contributed by atoms with Gasteiger partial charge in [0, 0.05) is 5.56 Å². The Bertz CT molecular complexity index is 623. The number of aryl methyl sites for hydroxylation is 1. The van der Waals surface area contributed by atoms with Gasteiger partial charge < -0.3 is 4.74 Å². The first-order valence-electron chi connectivity index (χ1n) is 6.12. The van der Waals surface area contributed by atoms with Crippen LogP contribution < -0.4 is 5.32 Å². The molecule has 0 saturated heterocycles. The van der Waals surface area contributed by atoms with Gasteiger partial charge in [0.25, 0.3) is 0 Å². The molecule has 6 heteroatoms. The third-order valence-corrected chi connectivity index (χ3v) is 3.59. The molecule has 1 aromatic heterocycles. The summed E-state index contributed by atoms with van der Waals surface area (Å²) in [6.07, 6.45) is -0.569. The van der Waals surface area contributed by atoms with Crippen molar-refractivity contribution < 1.29 is 14.3 Å². The summed E-state index contributed by atoms with van der Waals surface area (Å²) >= 11 is 1.14. The molecule has 0 fully saturated rings. The summed E-state index contributed by atoms with van der Waals surface area (Å²) in [4.78, 5) is 28.3. The van der Waals surface area contributed by atoms with Crippen LogP contribution in [-0.2, 0) is 4.74 Å². The lowest BCUT2D eigenvalue weighted by Gasteiger charge is -2.00. The molecule has 20 heavy (non-hydrogen) atoms. The number of benzene rings is 1. The van der Waals surface area contributed by atoms with Gasteiger partial charge in [-0.2, -0.15) is 0 Å². The Labute approximate surface area is 120 Å². The Balaban J connectivity index is 2.19. The number of carbonyl (C=O) groups excluding carboxylic acids is 2. The maximum atomic E-state index is 12.3. The predicted octanol–water partition coefficient (Wildman–Crippen LogP) is 3.25. The Morgan fingerprint density at radius 1 is 1.30 bits per heavy atom. The standard InChI is InChI=1S/C14H14N2O3S/c1-3-19-14(18)16-13-15-9(2)12(20-13)11(17)10-7-5-4-6-8-10/h4-8H,3H2,1-2H3,(H,15,16,18). The quantitative estimate of drug-likeness (QED) is 0.878.